The Bertz CT molecular complexity index is 3130. The summed E-state index contributed by atoms with van der Waals surface area (Å²) in [4.78, 5) is 4.03. The van der Waals surface area contributed by atoms with Gasteiger partial charge >= 0.3 is 0 Å². The summed E-state index contributed by atoms with van der Waals surface area (Å²) in [5, 5.41) is 20.2. The van der Waals surface area contributed by atoms with Crippen molar-refractivity contribution in [1.82, 2.24) is 9.13 Å². The second-order valence-electron chi connectivity index (χ2n) is 12.7. The van der Waals surface area contributed by atoms with Gasteiger partial charge in [0.15, 0.2) is 0 Å². The number of para-hydroxylation sites is 2. The van der Waals surface area contributed by atoms with Crippen molar-refractivity contribution >= 4 is 112 Å². The summed E-state index contributed by atoms with van der Waals surface area (Å²) in [6.45, 7) is 8.33. The minimum atomic E-state index is 0.442. The summed E-state index contributed by atoms with van der Waals surface area (Å²) in [6, 6.07) is 49.5. The molecule has 11 rings (SSSR count). The van der Waals surface area contributed by atoms with E-state index in [1.54, 1.807) is 28.7 Å². The van der Waals surface area contributed by atoms with Gasteiger partial charge in [0.05, 0.1) is 51.6 Å². The number of hydrogen-bond donors (Lipinski definition) is 0. The van der Waals surface area contributed by atoms with Gasteiger partial charge < -0.3 is 9.13 Å². The largest absolute Gasteiger partial charge is 0.319 e. The number of nitrogens with zero attached hydrogens (tertiary/aromatic N) is 4. The van der Waals surface area contributed by atoms with Gasteiger partial charge in [-0.15, -0.1) is 22.7 Å². The maximum atomic E-state index is 10.6. The molecule has 4 aromatic heterocycles. The monoisotopic (exact) mass is 670 g/mol. The molecule has 0 atom stereocenters. The summed E-state index contributed by atoms with van der Waals surface area (Å²) >= 11 is 3.58. The molecule has 0 fully saturated rings. The number of thiophene rings is 2. The molecule has 0 bridgehead atoms. The van der Waals surface area contributed by atoms with Crippen LogP contribution in [-0.4, -0.2) is 9.13 Å². The van der Waals surface area contributed by atoms with Crippen molar-refractivity contribution in [3.8, 4) is 17.4 Å². The highest BCUT2D eigenvalue weighted by Gasteiger charge is 2.22. The molecule has 4 heterocycles. The Labute approximate surface area is 293 Å². The van der Waals surface area contributed by atoms with Crippen LogP contribution in [0.5, 0.6) is 0 Å². The molecule has 0 aliphatic heterocycles. The first-order valence-corrected chi connectivity index (χ1v) is 18.0. The zero-order valence-corrected chi connectivity index (χ0v) is 27.9. The fourth-order valence-electron chi connectivity index (χ4n) is 8.00. The zero-order chi connectivity index (χ0) is 33.1. The van der Waals surface area contributed by atoms with Gasteiger partial charge in [0.25, 0.3) is 0 Å². The molecule has 6 heteroatoms. The highest BCUT2D eigenvalue weighted by Crippen LogP contribution is 2.45. The molecule has 0 aliphatic carbocycles. The Kier molecular flexibility index (Phi) is 5.52. The Hall–Kier alpha value is -6.44. The van der Waals surface area contributed by atoms with Crippen LogP contribution in [0.25, 0.3) is 100 Å². The average molecular weight is 671 g/mol. The van der Waals surface area contributed by atoms with Crippen LogP contribution in [0.4, 0.5) is 5.69 Å². The Balaban J connectivity index is 1.27. The predicted octanol–water partition coefficient (Wildman–Crippen LogP) is 13.0. The predicted molar refractivity (Wildman–Crippen MR) is 212 cm³/mol. The van der Waals surface area contributed by atoms with Crippen LogP contribution in [0.2, 0.25) is 0 Å². The number of nitriles is 1. The molecule has 0 amide bonds. The molecule has 0 saturated carbocycles. The highest BCUT2D eigenvalue weighted by molar-refractivity contribution is 7.26. The fraction of sp³-hybridized carbons (Fsp3) is 0. The van der Waals surface area contributed by atoms with E-state index in [0.29, 0.717) is 11.3 Å². The van der Waals surface area contributed by atoms with Gasteiger partial charge in [-0.05, 0) is 60.7 Å². The van der Waals surface area contributed by atoms with Gasteiger partial charge in [0.2, 0.25) is 5.69 Å². The quantitative estimate of drug-likeness (QED) is 0.169. The van der Waals surface area contributed by atoms with E-state index in [-0.39, 0.29) is 0 Å². The molecule has 0 spiro atoms. The minimum absolute atomic E-state index is 0.442. The first kappa shape index (κ1) is 27.5. The third-order valence-corrected chi connectivity index (χ3v) is 12.4. The van der Waals surface area contributed by atoms with Gasteiger partial charge in [-0.1, -0.05) is 72.8 Å². The van der Waals surface area contributed by atoms with Crippen molar-refractivity contribution in [2.45, 2.75) is 0 Å². The number of rotatable bonds is 2. The maximum Gasteiger partial charge on any atom is 0.212 e. The molecule has 230 valence electrons. The normalized spacial score (nSPS) is 12.0. The summed E-state index contributed by atoms with van der Waals surface area (Å²) < 4.78 is 9.37. The lowest BCUT2D eigenvalue weighted by atomic mass is 10.1. The number of hydrogen-bond acceptors (Lipinski definition) is 3. The van der Waals surface area contributed by atoms with E-state index in [1.807, 2.05) is 0 Å². The van der Waals surface area contributed by atoms with E-state index in [0.717, 1.165) is 55.0 Å². The lowest BCUT2D eigenvalue weighted by Crippen LogP contribution is -2.02. The SMILES string of the molecule is [C-]#[N+]c1cc(C#N)c(-n2c3ccccc3c3cc4c(cc32)sc2ccccc24)cc1-n1c2ccccc2c2cc3c(cc21)sc1ccccc13. The van der Waals surface area contributed by atoms with Crippen molar-refractivity contribution in [2.75, 3.05) is 0 Å². The van der Waals surface area contributed by atoms with Crippen molar-refractivity contribution in [3.05, 3.63) is 150 Å². The Morgan fingerprint density at radius 2 is 0.940 bits per heavy atom. The lowest BCUT2D eigenvalue weighted by molar-refractivity contribution is 1.13. The molecule has 0 saturated heterocycles. The van der Waals surface area contributed by atoms with Gasteiger partial charge in [-0.2, -0.15) is 5.26 Å². The summed E-state index contributed by atoms with van der Waals surface area (Å²) in [5.41, 5.74) is 6.56. The van der Waals surface area contributed by atoms with Crippen LogP contribution < -0.4 is 0 Å². The van der Waals surface area contributed by atoms with E-state index in [1.165, 1.54) is 40.3 Å². The second-order valence-corrected chi connectivity index (χ2v) is 14.9. The summed E-state index contributed by atoms with van der Waals surface area (Å²) in [5.74, 6) is 0. The summed E-state index contributed by atoms with van der Waals surface area (Å²) in [6.07, 6.45) is 0. The van der Waals surface area contributed by atoms with Crippen LogP contribution in [-0.2, 0) is 0 Å². The minimum Gasteiger partial charge on any atom is -0.319 e. The van der Waals surface area contributed by atoms with Gasteiger partial charge in [-0.3, -0.25) is 0 Å². The highest BCUT2D eigenvalue weighted by atomic mass is 32.1. The summed E-state index contributed by atoms with van der Waals surface area (Å²) in [7, 11) is 0. The molecular weight excluding hydrogens is 649 g/mol. The molecule has 0 radical (unpaired) electrons. The smallest absolute Gasteiger partial charge is 0.212 e. The van der Waals surface area contributed by atoms with Crippen molar-refractivity contribution in [2.24, 2.45) is 0 Å². The number of fused-ring (bicyclic) bond motifs is 12. The maximum absolute atomic E-state index is 10.6. The molecule has 0 N–H and O–H groups in total. The lowest BCUT2D eigenvalue weighted by Gasteiger charge is -2.16. The molecule has 11 aromatic rings. The molecule has 4 nitrogen and oxygen atoms in total. The Morgan fingerprint density at radius 3 is 1.46 bits per heavy atom. The van der Waals surface area contributed by atoms with Crippen molar-refractivity contribution in [1.29, 1.82) is 5.26 Å². The van der Waals surface area contributed by atoms with Crippen LogP contribution in [0, 0.1) is 17.9 Å². The van der Waals surface area contributed by atoms with Crippen molar-refractivity contribution in [3.63, 3.8) is 0 Å². The molecule has 7 aromatic carbocycles. The van der Waals surface area contributed by atoms with E-state index in [2.05, 4.69) is 147 Å². The van der Waals surface area contributed by atoms with Gasteiger partial charge in [-0.25, -0.2) is 4.85 Å². The fourth-order valence-corrected chi connectivity index (χ4v) is 10.2. The first-order valence-electron chi connectivity index (χ1n) is 16.4. The van der Waals surface area contributed by atoms with E-state index in [4.69, 9.17) is 6.57 Å². The Morgan fingerprint density at radius 1 is 0.460 bits per heavy atom. The molecule has 50 heavy (non-hydrogen) atoms. The topological polar surface area (TPSA) is 38.0 Å². The van der Waals surface area contributed by atoms with Gasteiger partial charge in [0, 0.05) is 61.9 Å². The third-order valence-electron chi connectivity index (χ3n) is 10.2. The second kappa shape index (κ2) is 10.0. The van der Waals surface area contributed by atoms with Crippen LogP contribution in [0.15, 0.2) is 133 Å². The average Bonchev–Trinajstić information content (AvgIpc) is 3.89. The third kappa shape index (κ3) is 3.61. The zero-order valence-electron chi connectivity index (χ0n) is 26.3. The molecular formula is C44H22N4S2. The van der Waals surface area contributed by atoms with Crippen molar-refractivity contribution < 1.29 is 0 Å². The van der Waals surface area contributed by atoms with E-state index < -0.39 is 0 Å². The molecule has 0 unspecified atom stereocenters. The molecule has 0 aliphatic rings. The van der Waals surface area contributed by atoms with E-state index in [9.17, 15) is 5.26 Å². The number of aromatic nitrogens is 2. The van der Waals surface area contributed by atoms with E-state index >= 15 is 0 Å². The van der Waals surface area contributed by atoms with Crippen LogP contribution in [0.3, 0.4) is 0 Å². The van der Waals surface area contributed by atoms with Crippen LogP contribution >= 0.6 is 22.7 Å². The number of benzene rings is 7. The van der Waals surface area contributed by atoms with Crippen LogP contribution in [0.1, 0.15) is 5.56 Å². The standard InChI is InChI=1S/C44H22N4S2/c1-46-34-18-25(24-45)37(47-35-14-6-2-10-26(35)30-19-32-28-12-4-8-16-41(28)49-43(32)22-38(30)47)21-40(34)48-36-15-7-3-11-27(36)31-20-33-29-13-5-9-17-42(29)50-44(33)23-39(31)48/h2-23H. The van der Waals surface area contributed by atoms with Gasteiger partial charge in [0.1, 0.15) is 0 Å². The first-order chi connectivity index (χ1) is 24.7.